The van der Waals surface area contributed by atoms with Crippen molar-refractivity contribution in [3.8, 4) is 17.2 Å². The molecule has 2 aromatic carbocycles. The molecule has 0 unspecified atom stereocenters. The topological polar surface area (TPSA) is 56.8 Å². The summed E-state index contributed by atoms with van der Waals surface area (Å²) in [5.74, 6) is 0.326. The van der Waals surface area contributed by atoms with E-state index in [1.807, 2.05) is 0 Å². The lowest BCUT2D eigenvalue weighted by molar-refractivity contribution is 0.0950. The van der Waals surface area contributed by atoms with Crippen molar-refractivity contribution in [2.24, 2.45) is 0 Å². The van der Waals surface area contributed by atoms with Gasteiger partial charge in [0.2, 0.25) is 5.75 Å². The Bertz CT molecular complexity index is 726. The first kappa shape index (κ1) is 17.9. The Morgan fingerprint density at radius 3 is 2.21 bits per heavy atom. The van der Waals surface area contributed by atoms with E-state index in [2.05, 4.69) is 5.32 Å². The van der Waals surface area contributed by atoms with Gasteiger partial charge in [-0.3, -0.25) is 4.79 Å². The Kier molecular flexibility index (Phi) is 5.87. The first-order valence-electron chi connectivity index (χ1n) is 7.02. The van der Waals surface area contributed by atoms with Gasteiger partial charge in [0.05, 0.1) is 26.4 Å². The van der Waals surface area contributed by atoms with E-state index in [1.165, 1.54) is 33.5 Å². The molecule has 128 valence electrons. The van der Waals surface area contributed by atoms with Crippen molar-refractivity contribution in [2.45, 2.75) is 6.54 Å². The van der Waals surface area contributed by atoms with E-state index >= 15 is 0 Å². The van der Waals surface area contributed by atoms with Crippen LogP contribution in [0.2, 0.25) is 5.02 Å². The summed E-state index contributed by atoms with van der Waals surface area (Å²) in [6.45, 7) is 0.204. The van der Waals surface area contributed by atoms with Gasteiger partial charge in [0.15, 0.2) is 11.5 Å². The summed E-state index contributed by atoms with van der Waals surface area (Å²) in [5.41, 5.74) is 1.03. The van der Waals surface area contributed by atoms with Gasteiger partial charge in [-0.1, -0.05) is 17.7 Å². The number of carbonyl (C=O) groups excluding carboxylic acids is 1. The van der Waals surface area contributed by atoms with Crippen molar-refractivity contribution >= 4 is 17.5 Å². The molecule has 0 saturated carbocycles. The van der Waals surface area contributed by atoms with Crippen LogP contribution in [0.5, 0.6) is 17.2 Å². The van der Waals surface area contributed by atoms with Crippen LogP contribution in [0.25, 0.3) is 0 Å². The van der Waals surface area contributed by atoms with Gasteiger partial charge in [-0.05, 0) is 29.8 Å². The zero-order valence-corrected chi connectivity index (χ0v) is 14.2. The molecular weight excluding hydrogens is 337 g/mol. The first-order chi connectivity index (χ1) is 11.5. The second-order valence-electron chi connectivity index (χ2n) is 4.85. The lowest BCUT2D eigenvalue weighted by Crippen LogP contribution is -2.23. The Morgan fingerprint density at radius 2 is 1.71 bits per heavy atom. The Labute approximate surface area is 144 Å². The fourth-order valence-electron chi connectivity index (χ4n) is 2.15. The molecule has 0 aliphatic carbocycles. The van der Waals surface area contributed by atoms with Gasteiger partial charge in [0, 0.05) is 12.1 Å². The number of ether oxygens (including phenoxy) is 3. The third kappa shape index (κ3) is 3.89. The van der Waals surface area contributed by atoms with Gasteiger partial charge >= 0.3 is 0 Å². The minimum absolute atomic E-state index is 0.00883. The van der Waals surface area contributed by atoms with Crippen molar-refractivity contribution in [1.29, 1.82) is 0 Å². The fourth-order valence-corrected chi connectivity index (χ4v) is 2.35. The minimum Gasteiger partial charge on any atom is -0.493 e. The minimum atomic E-state index is -0.503. The van der Waals surface area contributed by atoms with Crippen LogP contribution in [0.15, 0.2) is 30.3 Å². The van der Waals surface area contributed by atoms with Gasteiger partial charge in [-0.15, -0.1) is 0 Å². The molecule has 7 heteroatoms. The largest absolute Gasteiger partial charge is 0.493 e. The monoisotopic (exact) mass is 353 g/mol. The predicted molar refractivity (Wildman–Crippen MR) is 88.7 cm³/mol. The van der Waals surface area contributed by atoms with Crippen molar-refractivity contribution in [3.05, 3.63) is 52.3 Å². The van der Waals surface area contributed by atoms with E-state index in [4.69, 9.17) is 25.8 Å². The summed E-state index contributed by atoms with van der Waals surface area (Å²) in [6, 6.07) is 7.37. The van der Waals surface area contributed by atoms with Gasteiger partial charge in [0.1, 0.15) is 5.82 Å². The molecule has 0 saturated heterocycles. The van der Waals surface area contributed by atoms with Crippen molar-refractivity contribution in [1.82, 2.24) is 5.32 Å². The number of halogens is 2. The number of benzene rings is 2. The highest BCUT2D eigenvalue weighted by atomic mass is 35.5. The van der Waals surface area contributed by atoms with Crippen LogP contribution in [0.3, 0.4) is 0 Å². The molecule has 0 radical (unpaired) electrons. The second-order valence-corrected chi connectivity index (χ2v) is 5.25. The highest BCUT2D eigenvalue weighted by Crippen LogP contribution is 2.38. The second kappa shape index (κ2) is 7.88. The summed E-state index contributed by atoms with van der Waals surface area (Å²) in [4.78, 5) is 12.3. The maximum atomic E-state index is 13.1. The number of hydrogen-bond donors (Lipinski definition) is 1. The van der Waals surface area contributed by atoms with Crippen LogP contribution in [0.1, 0.15) is 15.9 Å². The molecule has 0 heterocycles. The quantitative estimate of drug-likeness (QED) is 0.864. The average Bonchev–Trinajstić information content (AvgIpc) is 2.60. The lowest BCUT2D eigenvalue weighted by Gasteiger charge is -2.14. The Hall–Kier alpha value is -2.47. The normalized spacial score (nSPS) is 10.2. The number of rotatable bonds is 6. The van der Waals surface area contributed by atoms with Crippen LogP contribution < -0.4 is 19.5 Å². The molecular formula is C17H17ClFNO4. The average molecular weight is 354 g/mol. The van der Waals surface area contributed by atoms with Gasteiger partial charge in [0.25, 0.3) is 5.91 Å². The van der Waals surface area contributed by atoms with E-state index in [-0.39, 0.29) is 17.5 Å². The standard InChI is InChI=1S/C17H17ClFNO4/c1-22-14-7-11(8-15(23-2)16(14)24-3)17(21)20-9-10-4-5-13(19)12(18)6-10/h4-8H,9H2,1-3H3,(H,20,21). The molecule has 0 fully saturated rings. The summed E-state index contributed by atoms with van der Waals surface area (Å²) in [5, 5.41) is 2.74. The molecule has 0 aliphatic heterocycles. The lowest BCUT2D eigenvalue weighted by atomic mass is 10.1. The number of amides is 1. The van der Waals surface area contributed by atoms with Gasteiger partial charge in [-0.2, -0.15) is 0 Å². The number of nitrogens with one attached hydrogen (secondary N) is 1. The number of methoxy groups -OCH3 is 3. The molecule has 24 heavy (non-hydrogen) atoms. The molecule has 0 spiro atoms. The Morgan fingerprint density at radius 1 is 1.08 bits per heavy atom. The van der Waals surface area contributed by atoms with Crippen LogP contribution in [0, 0.1) is 5.82 Å². The van der Waals surface area contributed by atoms with Crippen LogP contribution >= 0.6 is 11.6 Å². The van der Waals surface area contributed by atoms with Gasteiger partial charge < -0.3 is 19.5 Å². The van der Waals surface area contributed by atoms with Crippen LogP contribution in [-0.2, 0) is 6.54 Å². The molecule has 0 atom stereocenters. The fraction of sp³-hybridized carbons (Fsp3) is 0.235. The Balaban J connectivity index is 2.18. The van der Waals surface area contributed by atoms with E-state index in [9.17, 15) is 9.18 Å². The summed E-state index contributed by atoms with van der Waals surface area (Å²) in [6.07, 6.45) is 0. The summed E-state index contributed by atoms with van der Waals surface area (Å²) < 4.78 is 28.8. The maximum absolute atomic E-state index is 13.1. The molecule has 2 rings (SSSR count). The third-order valence-electron chi connectivity index (χ3n) is 3.36. The molecule has 0 aliphatic rings. The number of carbonyl (C=O) groups is 1. The summed E-state index contributed by atoms with van der Waals surface area (Å²) >= 11 is 5.72. The van der Waals surface area contributed by atoms with Gasteiger partial charge in [-0.25, -0.2) is 4.39 Å². The molecule has 1 amide bonds. The highest BCUT2D eigenvalue weighted by Gasteiger charge is 2.17. The molecule has 5 nitrogen and oxygen atoms in total. The smallest absolute Gasteiger partial charge is 0.251 e. The first-order valence-corrected chi connectivity index (χ1v) is 7.40. The molecule has 0 aromatic heterocycles. The predicted octanol–water partition coefficient (Wildman–Crippen LogP) is 3.43. The highest BCUT2D eigenvalue weighted by molar-refractivity contribution is 6.30. The van der Waals surface area contributed by atoms with Crippen LogP contribution in [-0.4, -0.2) is 27.2 Å². The number of hydrogen-bond acceptors (Lipinski definition) is 4. The van der Waals surface area contributed by atoms with Crippen molar-refractivity contribution < 1.29 is 23.4 Å². The van der Waals surface area contributed by atoms with E-state index < -0.39 is 5.82 Å². The van der Waals surface area contributed by atoms with E-state index in [0.717, 1.165) is 0 Å². The SMILES string of the molecule is COc1cc(C(=O)NCc2ccc(F)c(Cl)c2)cc(OC)c1OC. The zero-order chi connectivity index (χ0) is 17.7. The molecule has 2 aromatic rings. The third-order valence-corrected chi connectivity index (χ3v) is 3.65. The maximum Gasteiger partial charge on any atom is 0.251 e. The van der Waals surface area contributed by atoms with Crippen molar-refractivity contribution in [2.75, 3.05) is 21.3 Å². The molecule has 1 N–H and O–H groups in total. The summed E-state index contributed by atoms with van der Waals surface area (Å²) in [7, 11) is 4.43. The van der Waals surface area contributed by atoms with Crippen LogP contribution in [0.4, 0.5) is 4.39 Å². The van der Waals surface area contributed by atoms with E-state index in [0.29, 0.717) is 28.4 Å². The zero-order valence-electron chi connectivity index (χ0n) is 13.5. The molecule has 0 bridgehead atoms. The van der Waals surface area contributed by atoms with Crippen molar-refractivity contribution in [3.63, 3.8) is 0 Å². The van der Waals surface area contributed by atoms with E-state index in [1.54, 1.807) is 18.2 Å².